The van der Waals surface area contributed by atoms with Gasteiger partial charge in [0, 0.05) is 17.4 Å². The molecule has 1 aliphatic heterocycles. The number of nitrogens with zero attached hydrogens (tertiary/aromatic N) is 3. The van der Waals surface area contributed by atoms with Crippen LogP contribution < -0.4 is 15.4 Å². The van der Waals surface area contributed by atoms with E-state index in [1.165, 1.54) is 18.2 Å². The molecule has 3 aromatic rings. The minimum atomic E-state index is -0.645. The van der Waals surface area contributed by atoms with Gasteiger partial charge in [-0.15, -0.1) is 0 Å². The molecule has 1 N–H and O–H groups in total. The molecule has 0 unspecified atom stereocenters. The molecule has 0 spiro atoms. The summed E-state index contributed by atoms with van der Waals surface area (Å²) in [5, 5.41) is 22.1. The van der Waals surface area contributed by atoms with E-state index in [9.17, 15) is 24.8 Å². The van der Waals surface area contributed by atoms with E-state index in [1.54, 1.807) is 0 Å². The van der Waals surface area contributed by atoms with Gasteiger partial charge in [-0.1, -0.05) is 41.7 Å². The Morgan fingerprint density at radius 2 is 1.89 bits per heavy atom. The van der Waals surface area contributed by atoms with Crippen LogP contribution in [-0.2, 0) is 11.3 Å². The lowest BCUT2D eigenvalue weighted by Gasteiger charge is -2.04. The fourth-order valence-corrected chi connectivity index (χ4v) is 3.84. The van der Waals surface area contributed by atoms with E-state index < -0.39 is 15.7 Å². The van der Waals surface area contributed by atoms with Gasteiger partial charge in [0.1, 0.15) is 4.88 Å². The fourth-order valence-electron chi connectivity index (χ4n) is 2.90. The number of nitro benzene ring substituents is 1. The molecular weight excluding hydrogens is 370 g/mol. The van der Waals surface area contributed by atoms with Gasteiger partial charge in [0.15, 0.2) is 0 Å². The molecule has 0 saturated heterocycles. The minimum absolute atomic E-state index is 0.000103. The monoisotopic (exact) mass is 381 g/mol. The zero-order chi connectivity index (χ0) is 19.1. The van der Waals surface area contributed by atoms with E-state index in [2.05, 4.69) is 4.99 Å². The van der Waals surface area contributed by atoms with Crippen LogP contribution in [0.5, 0.6) is 5.88 Å². The van der Waals surface area contributed by atoms with Gasteiger partial charge in [-0.2, -0.15) is 0 Å². The van der Waals surface area contributed by atoms with Crippen molar-refractivity contribution in [2.45, 2.75) is 6.54 Å². The Bertz CT molecular complexity index is 1270. The summed E-state index contributed by atoms with van der Waals surface area (Å²) in [7, 11) is 0. The summed E-state index contributed by atoms with van der Waals surface area (Å²) < 4.78 is 1.16. The molecule has 2 aromatic carbocycles. The number of nitro groups is 1. The first-order chi connectivity index (χ1) is 13.0. The number of hydrogen-bond acceptors (Lipinski definition) is 6. The van der Waals surface area contributed by atoms with E-state index in [4.69, 9.17) is 0 Å². The Morgan fingerprint density at radius 3 is 2.59 bits per heavy atom. The molecule has 27 heavy (non-hydrogen) atoms. The van der Waals surface area contributed by atoms with Crippen LogP contribution in [0.1, 0.15) is 10.4 Å². The number of aromatic nitrogens is 1. The second-order valence-electron chi connectivity index (χ2n) is 5.84. The largest absolute Gasteiger partial charge is 0.493 e. The quantitative estimate of drug-likeness (QED) is 0.533. The van der Waals surface area contributed by atoms with Crippen LogP contribution in [0, 0.1) is 10.1 Å². The van der Waals surface area contributed by atoms with Crippen molar-refractivity contribution in [3.8, 4) is 5.88 Å². The van der Waals surface area contributed by atoms with Crippen molar-refractivity contribution >= 4 is 28.5 Å². The second kappa shape index (κ2) is 6.29. The van der Waals surface area contributed by atoms with Crippen molar-refractivity contribution in [1.82, 2.24) is 4.57 Å². The Labute approximate surface area is 155 Å². The third-order valence-corrected chi connectivity index (χ3v) is 5.16. The van der Waals surface area contributed by atoms with E-state index in [1.807, 2.05) is 30.3 Å². The molecule has 0 atom stereocenters. The highest BCUT2D eigenvalue weighted by molar-refractivity contribution is 7.11. The van der Waals surface area contributed by atoms with Crippen LogP contribution in [0.3, 0.4) is 0 Å². The molecule has 9 heteroatoms. The maximum absolute atomic E-state index is 12.4. The van der Waals surface area contributed by atoms with Gasteiger partial charge in [-0.3, -0.25) is 24.3 Å². The van der Waals surface area contributed by atoms with Gasteiger partial charge in [-0.05, 0) is 11.6 Å². The van der Waals surface area contributed by atoms with E-state index in [0.717, 1.165) is 10.1 Å². The Balaban J connectivity index is 1.90. The molecule has 1 aromatic heterocycles. The van der Waals surface area contributed by atoms with E-state index in [0.29, 0.717) is 11.3 Å². The van der Waals surface area contributed by atoms with Gasteiger partial charge in [0.05, 0.1) is 22.4 Å². The lowest BCUT2D eigenvalue weighted by atomic mass is 10.1. The van der Waals surface area contributed by atoms with E-state index in [-0.39, 0.29) is 39.1 Å². The summed E-state index contributed by atoms with van der Waals surface area (Å²) >= 11 is 0.709. The predicted octanol–water partition coefficient (Wildman–Crippen LogP) is 0.931. The van der Waals surface area contributed by atoms with Crippen molar-refractivity contribution in [3.05, 3.63) is 89.3 Å². The molecule has 1 aliphatic rings. The van der Waals surface area contributed by atoms with Gasteiger partial charge >= 0.3 is 4.87 Å². The lowest BCUT2D eigenvalue weighted by Crippen LogP contribution is -2.23. The van der Waals surface area contributed by atoms with Crippen LogP contribution in [0.25, 0.3) is 5.57 Å². The van der Waals surface area contributed by atoms with Crippen molar-refractivity contribution < 1.29 is 14.8 Å². The van der Waals surface area contributed by atoms with Crippen molar-refractivity contribution in [2.24, 2.45) is 4.99 Å². The molecule has 0 aliphatic carbocycles. The number of hydrogen-bond donors (Lipinski definition) is 1. The highest BCUT2D eigenvalue weighted by Crippen LogP contribution is 2.29. The molecule has 1 amide bonds. The average molecular weight is 381 g/mol. The molecule has 0 saturated carbocycles. The van der Waals surface area contributed by atoms with Crippen LogP contribution in [-0.4, -0.2) is 20.5 Å². The molecule has 0 fully saturated rings. The molecule has 0 radical (unpaired) electrons. The number of non-ortho nitro benzene ring substituents is 1. The van der Waals surface area contributed by atoms with Crippen molar-refractivity contribution in [2.75, 3.05) is 0 Å². The second-order valence-corrected chi connectivity index (χ2v) is 6.80. The number of amides is 1. The van der Waals surface area contributed by atoms with Crippen LogP contribution in [0.2, 0.25) is 0 Å². The molecular formula is C18H11N3O5S. The first-order valence-corrected chi connectivity index (χ1v) is 8.66. The number of aromatic hydroxyl groups is 1. The fraction of sp³-hybridized carbons (Fsp3) is 0.0556. The predicted molar refractivity (Wildman–Crippen MR) is 97.2 cm³/mol. The summed E-state index contributed by atoms with van der Waals surface area (Å²) in [4.78, 5) is 38.7. The third kappa shape index (κ3) is 2.83. The molecule has 2 heterocycles. The summed E-state index contributed by atoms with van der Waals surface area (Å²) in [6, 6.07) is 12.9. The zero-order valence-corrected chi connectivity index (χ0v) is 14.5. The average Bonchev–Trinajstić information content (AvgIpc) is 3.12. The van der Waals surface area contributed by atoms with Gasteiger partial charge in [0.25, 0.3) is 11.6 Å². The number of carbonyl (C=O) groups is 1. The minimum Gasteiger partial charge on any atom is -0.493 e. The summed E-state index contributed by atoms with van der Waals surface area (Å²) in [6.45, 7) is 0.141. The normalized spacial score (nSPS) is 12.7. The first kappa shape index (κ1) is 16.9. The lowest BCUT2D eigenvalue weighted by molar-refractivity contribution is -0.385. The molecule has 134 valence electrons. The topological polar surface area (TPSA) is 115 Å². The number of thiazole rings is 1. The maximum Gasteiger partial charge on any atom is 0.310 e. The number of benzene rings is 2. The number of fused-ring (bicyclic) bond motifs is 1. The van der Waals surface area contributed by atoms with Gasteiger partial charge in [0.2, 0.25) is 5.88 Å². The Kier molecular flexibility index (Phi) is 3.93. The van der Waals surface area contributed by atoms with Crippen molar-refractivity contribution in [3.63, 3.8) is 0 Å². The Morgan fingerprint density at radius 1 is 1.15 bits per heavy atom. The highest BCUT2D eigenvalue weighted by Gasteiger charge is 2.27. The zero-order valence-electron chi connectivity index (χ0n) is 13.7. The molecule has 0 bridgehead atoms. The smallest absolute Gasteiger partial charge is 0.310 e. The Hall–Kier alpha value is -3.59. The molecule has 8 nitrogen and oxygen atoms in total. The van der Waals surface area contributed by atoms with Crippen molar-refractivity contribution in [1.29, 1.82) is 0 Å². The SMILES string of the molecule is O=C1N=c2ccc([N+](=O)[O-])cc2=C1c1sc(=O)n(Cc2ccccc2)c1O. The van der Waals surface area contributed by atoms with Gasteiger partial charge < -0.3 is 5.11 Å². The van der Waals surface area contributed by atoms with Gasteiger partial charge in [-0.25, -0.2) is 4.99 Å². The summed E-state index contributed by atoms with van der Waals surface area (Å²) in [5.41, 5.74) is 0.606. The number of carbonyl (C=O) groups excluding carboxylic acids is 1. The standard InChI is InChI=1S/C18H11N3O5S/c22-16-14(12-8-11(21(25)26)6-7-13(12)19-16)15-17(23)20(18(24)27-15)9-10-4-2-1-3-5-10/h1-8,23H,9H2. The van der Waals surface area contributed by atoms with E-state index >= 15 is 0 Å². The molecule has 4 rings (SSSR count). The van der Waals surface area contributed by atoms with Crippen LogP contribution in [0.15, 0.2) is 58.3 Å². The van der Waals surface area contributed by atoms with Crippen LogP contribution in [0.4, 0.5) is 5.69 Å². The first-order valence-electron chi connectivity index (χ1n) is 7.84. The van der Waals surface area contributed by atoms with Crippen LogP contribution >= 0.6 is 11.3 Å². The summed E-state index contributed by atoms with van der Waals surface area (Å²) in [6.07, 6.45) is 0. The third-order valence-electron chi connectivity index (χ3n) is 4.18. The summed E-state index contributed by atoms with van der Waals surface area (Å²) in [5.74, 6) is -0.999. The maximum atomic E-state index is 12.4. The highest BCUT2D eigenvalue weighted by atomic mass is 32.1. The number of rotatable bonds is 4.